The molecular formula is C16H16BrN. The predicted molar refractivity (Wildman–Crippen MR) is 79.8 cm³/mol. The second-order valence-electron chi connectivity index (χ2n) is 5.01. The normalized spacial score (nSPS) is 22.1. The molecule has 0 amide bonds. The lowest BCUT2D eigenvalue weighted by Crippen LogP contribution is -2.25. The Morgan fingerprint density at radius 3 is 2.56 bits per heavy atom. The van der Waals surface area contributed by atoms with E-state index in [4.69, 9.17) is 0 Å². The molecule has 0 aromatic heterocycles. The van der Waals surface area contributed by atoms with E-state index in [0.29, 0.717) is 12.0 Å². The number of para-hydroxylation sites is 1. The quantitative estimate of drug-likeness (QED) is 0.798. The lowest BCUT2D eigenvalue weighted by molar-refractivity contribution is 0.479. The maximum atomic E-state index is 3.67. The van der Waals surface area contributed by atoms with Crippen molar-refractivity contribution in [1.82, 2.24) is 0 Å². The summed E-state index contributed by atoms with van der Waals surface area (Å²) in [4.78, 5) is 0. The number of hydrogen-bond donors (Lipinski definition) is 1. The summed E-state index contributed by atoms with van der Waals surface area (Å²) in [6.07, 6.45) is 1.14. The minimum absolute atomic E-state index is 0.410. The molecule has 1 aliphatic heterocycles. The van der Waals surface area contributed by atoms with E-state index in [1.807, 2.05) is 0 Å². The fraction of sp³-hybridized carbons (Fsp3) is 0.250. The maximum absolute atomic E-state index is 3.67. The fourth-order valence-electron chi connectivity index (χ4n) is 2.70. The Morgan fingerprint density at radius 2 is 1.78 bits per heavy atom. The second kappa shape index (κ2) is 4.77. The Kier molecular flexibility index (Phi) is 3.13. The molecule has 2 aromatic rings. The highest BCUT2D eigenvalue weighted by molar-refractivity contribution is 9.10. The van der Waals surface area contributed by atoms with Gasteiger partial charge in [0, 0.05) is 10.2 Å². The lowest BCUT2D eigenvalue weighted by Gasteiger charge is -2.33. The first-order valence-electron chi connectivity index (χ1n) is 6.34. The molecule has 2 atom stereocenters. The molecule has 92 valence electrons. The predicted octanol–water partition coefficient (Wildman–Crippen LogP) is 4.79. The largest absolute Gasteiger partial charge is 0.378 e. The van der Waals surface area contributed by atoms with Gasteiger partial charge in [0.1, 0.15) is 0 Å². The van der Waals surface area contributed by atoms with Crippen molar-refractivity contribution in [2.75, 3.05) is 5.32 Å². The van der Waals surface area contributed by atoms with Crippen molar-refractivity contribution in [2.24, 2.45) is 5.92 Å². The fourth-order valence-corrected chi connectivity index (χ4v) is 2.96. The standard InChI is InChI=1S/C16H16BrN/c1-11-10-13-4-2-3-5-15(13)18-16(11)12-6-8-14(17)9-7-12/h2-9,11,16,18H,10H2,1H3. The Balaban J connectivity index is 1.93. The van der Waals surface area contributed by atoms with Crippen LogP contribution in [0.4, 0.5) is 5.69 Å². The molecule has 1 N–H and O–H groups in total. The SMILES string of the molecule is CC1Cc2ccccc2NC1c1ccc(Br)cc1. The van der Waals surface area contributed by atoms with Crippen molar-refractivity contribution < 1.29 is 0 Å². The topological polar surface area (TPSA) is 12.0 Å². The van der Waals surface area contributed by atoms with Gasteiger partial charge in [-0.1, -0.05) is 53.2 Å². The van der Waals surface area contributed by atoms with Crippen LogP contribution in [0.3, 0.4) is 0 Å². The summed E-state index contributed by atoms with van der Waals surface area (Å²) in [6, 6.07) is 17.7. The molecule has 0 fully saturated rings. The van der Waals surface area contributed by atoms with Gasteiger partial charge in [0.05, 0.1) is 6.04 Å². The summed E-state index contributed by atoms with van der Waals surface area (Å²) >= 11 is 3.49. The van der Waals surface area contributed by atoms with E-state index >= 15 is 0 Å². The Morgan fingerprint density at radius 1 is 1.06 bits per heavy atom. The summed E-state index contributed by atoms with van der Waals surface area (Å²) in [5.41, 5.74) is 4.07. The maximum Gasteiger partial charge on any atom is 0.0542 e. The highest BCUT2D eigenvalue weighted by Crippen LogP contribution is 2.36. The molecule has 0 aliphatic carbocycles. The van der Waals surface area contributed by atoms with Gasteiger partial charge in [-0.25, -0.2) is 0 Å². The number of fused-ring (bicyclic) bond motifs is 1. The first kappa shape index (κ1) is 11.8. The zero-order valence-corrected chi connectivity index (χ0v) is 11.9. The van der Waals surface area contributed by atoms with Gasteiger partial charge in [0.15, 0.2) is 0 Å². The van der Waals surface area contributed by atoms with Crippen molar-refractivity contribution in [3.05, 3.63) is 64.1 Å². The van der Waals surface area contributed by atoms with Gasteiger partial charge in [-0.15, -0.1) is 0 Å². The summed E-state index contributed by atoms with van der Waals surface area (Å²) in [7, 11) is 0. The van der Waals surface area contributed by atoms with Gasteiger partial charge in [0.25, 0.3) is 0 Å². The Hall–Kier alpha value is -1.28. The Bertz CT molecular complexity index is 547. The molecule has 0 saturated heterocycles. The number of anilines is 1. The van der Waals surface area contributed by atoms with Crippen molar-refractivity contribution in [3.63, 3.8) is 0 Å². The van der Waals surface area contributed by atoms with E-state index in [2.05, 4.69) is 76.7 Å². The van der Waals surface area contributed by atoms with Gasteiger partial charge < -0.3 is 5.32 Å². The van der Waals surface area contributed by atoms with Crippen molar-refractivity contribution >= 4 is 21.6 Å². The minimum atomic E-state index is 0.410. The zero-order chi connectivity index (χ0) is 12.5. The van der Waals surface area contributed by atoms with Crippen LogP contribution in [0.2, 0.25) is 0 Å². The smallest absolute Gasteiger partial charge is 0.0542 e. The third-order valence-electron chi connectivity index (χ3n) is 3.67. The number of rotatable bonds is 1. The van der Waals surface area contributed by atoms with E-state index in [-0.39, 0.29) is 0 Å². The highest BCUT2D eigenvalue weighted by Gasteiger charge is 2.25. The molecule has 1 heterocycles. The van der Waals surface area contributed by atoms with Crippen molar-refractivity contribution in [2.45, 2.75) is 19.4 Å². The first-order valence-corrected chi connectivity index (χ1v) is 7.13. The molecule has 1 aliphatic rings. The average Bonchev–Trinajstić information content (AvgIpc) is 2.39. The molecule has 3 rings (SSSR count). The average molecular weight is 302 g/mol. The summed E-state index contributed by atoms with van der Waals surface area (Å²) in [5.74, 6) is 0.612. The van der Waals surface area contributed by atoms with Gasteiger partial charge in [-0.05, 0) is 41.7 Å². The highest BCUT2D eigenvalue weighted by atomic mass is 79.9. The van der Waals surface area contributed by atoms with E-state index in [1.165, 1.54) is 16.8 Å². The molecule has 0 saturated carbocycles. The van der Waals surface area contributed by atoms with Crippen LogP contribution in [0.5, 0.6) is 0 Å². The Labute approximate surface area is 116 Å². The van der Waals surface area contributed by atoms with E-state index < -0.39 is 0 Å². The first-order chi connectivity index (χ1) is 8.74. The van der Waals surface area contributed by atoms with Crippen LogP contribution in [0.25, 0.3) is 0 Å². The number of nitrogens with one attached hydrogen (secondary N) is 1. The molecule has 1 nitrogen and oxygen atoms in total. The van der Waals surface area contributed by atoms with Crippen molar-refractivity contribution in [3.8, 4) is 0 Å². The van der Waals surface area contributed by atoms with Gasteiger partial charge in [0.2, 0.25) is 0 Å². The van der Waals surface area contributed by atoms with E-state index in [0.717, 1.165) is 10.9 Å². The van der Waals surface area contributed by atoms with Crippen molar-refractivity contribution in [1.29, 1.82) is 0 Å². The molecular weight excluding hydrogens is 286 g/mol. The molecule has 0 bridgehead atoms. The minimum Gasteiger partial charge on any atom is -0.378 e. The lowest BCUT2D eigenvalue weighted by atomic mass is 9.85. The van der Waals surface area contributed by atoms with Gasteiger partial charge in [-0.3, -0.25) is 0 Å². The monoisotopic (exact) mass is 301 g/mol. The molecule has 2 aromatic carbocycles. The number of halogens is 1. The van der Waals surface area contributed by atoms with Crippen LogP contribution >= 0.6 is 15.9 Å². The van der Waals surface area contributed by atoms with E-state index in [9.17, 15) is 0 Å². The van der Waals surface area contributed by atoms with Crippen LogP contribution in [-0.2, 0) is 6.42 Å². The third kappa shape index (κ3) is 2.17. The molecule has 2 unspecified atom stereocenters. The number of hydrogen-bond acceptors (Lipinski definition) is 1. The van der Waals surface area contributed by atoms with Crippen LogP contribution in [0.15, 0.2) is 53.0 Å². The zero-order valence-electron chi connectivity index (χ0n) is 10.4. The second-order valence-corrected chi connectivity index (χ2v) is 5.93. The summed E-state index contributed by atoms with van der Waals surface area (Å²) < 4.78 is 1.13. The number of benzene rings is 2. The van der Waals surface area contributed by atoms with Crippen LogP contribution in [0.1, 0.15) is 24.1 Å². The van der Waals surface area contributed by atoms with Crippen LogP contribution in [-0.4, -0.2) is 0 Å². The third-order valence-corrected chi connectivity index (χ3v) is 4.20. The molecule has 0 radical (unpaired) electrons. The molecule has 2 heteroatoms. The molecule has 0 spiro atoms. The van der Waals surface area contributed by atoms with Crippen LogP contribution in [0, 0.1) is 5.92 Å². The summed E-state index contributed by atoms with van der Waals surface area (Å²) in [5, 5.41) is 3.67. The van der Waals surface area contributed by atoms with Gasteiger partial charge >= 0.3 is 0 Å². The molecule has 18 heavy (non-hydrogen) atoms. The summed E-state index contributed by atoms with van der Waals surface area (Å²) in [6.45, 7) is 2.32. The van der Waals surface area contributed by atoms with Crippen LogP contribution < -0.4 is 5.32 Å². The van der Waals surface area contributed by atoms with E-state index in [1.54, 1.807) is 0 Å². The van der Waals surface area contributed by atoms with Gasteiger partial charge in [-0.2, -0.15) is 0 Å².